The monoisotopic (exact) mass is 293 g/mol. The van der Waals surface area contributed by atoms with E-state index in [2.05, 4.69) is 4.90 Å². The van der Waals surface area contributed by atoms with Crippen LogP contribution in [0.3, 0.4) is 0 Å². The van der Waals surface area contributed by atoms with Crippen LogP contribution in [-0.4, -0.2) is 53.4 Å². The average molecular weight is 293 g/mol. The molecule has 1 aromatic carbocycles. The molecule has 1 saturated carbocycles. The summed E-state index contributed by atoms with van der Waals surface area (Å²) in [7, 11) is 0. The van der Waals surface area contributed by atoms with Crippen molar-refractivity contribution in [1.29, 1.82) is 0 Å². The van der Waals surface area contributed by atoms with E-state index in [9.17, 15) is 4.79 Å². The largest absolute Gasteiger partial charge is 0.492 e. The van der Waals surface area contributed by atoms with Gasteiger partial charge in [0, 0.05) is 19.1 Å². The quantitative estimate of drug-likeness (QED) is 0.767. The standard InChI is InChI=1S/C16H23NO4/c18-11-9-17(14-3-1-2-4-14)10-12-21-15-7-5-13(6-8-15)16(19)20/h5-8,14,18H,1-4,9-12H2,(H,19,20). The minimum atomic E-state index is -0.933. The molecule has 1 aromatic rings. The molecule has 0 amide bonds. The summed E-state index contributed by atoms with van der Waals surface area (Å²) in [5.74, 6) is -0.257. The van der Waals surface area contributed by atoms with Gasteiger partial charge in [-0.15, -0.1) is 0 Å². The highest BCUT2D eigenvalue weighted by molar-refractivity contribution is 5.87. The van der Waals surface area contributed by atoms with Crippen molar-refractivity contribution in [3.63, 3.8) is 0 Å². The Morgan fingerprint density at radius 3 is 2.43 bits per heavy atom. The summed E-state index contributed by atoms with van der Waals surface area (Å²) < 4.78 is 5.66. The predicted octanol–water partition coefficient (Wildman–Crippen LogP) is 2.00. The Bertz CT molecular complexity index is 440. The van der Waals surface area contributed by atoms with Crippen LogP contribution in [0.2, 0.25) is 0 Å². The van der Waals surface area contributed by atoms with Crippen LogP contribution in [0.25, 0.3) is 0 Å². The number of carbonyl (C=O) groups is 1. The van der Waals surface area contributed by atoms with Crippen molar-refractivity contribution in [2.24, 2.45) is 0 Å². The fourth-order valence-electron chi connectivity index (χ4n) is 2.85. The maximum atomic E-state index is 10.8. The summed E-state index contributed by atoms with van der Waals surface area (Å²) in [6.45, 7) is 2.19. The van der Waals surface area contributed by atoms with Crippen molar-refractivity contribution in [3.05, 3.63) is 29.8 Å². The van der Waals surface area contributed by atoms with Gasteiger partial charge in [0.25, 0.3) is 0 Å². The molecule has 0 aliphatic heterocycles. The van der Waals surface area contributed by atoms with Gasteiger partial charge in [-0.2, -0.15) is 0 Å². The molecule has 0 saturated heterocycles. The van der Waals surface area contributed by atoms with Gasteiger partial charge in [0.1, 0.15) is 12.4 Å². The molecule has 5 nitrogen and oxygen atoms in total. The van der Waals surface area contributed by atoms with Crippen LogP contribution in [0.15, 0.2) is 24.3 Å². The Balaban J connectivity index is 1.79. The molecule has 0 unspecified atom stereocenters. The third-order valence-electron chi connectivity index (χ3n) is 3.98. The second-order valence-corrected chi connectivity index (χ2v) is 5.38. The Labute approximate surface area is 125 Å². The smallest absolute Gasteiger partial charge is 0.335 e. The van der Waals surface area contributed by atoms with Crippen molar-refractivity contribution in [2.75, 3.05) is 26.3 Å². The normalized spacial score (nSPS) is 15.5. The number of ether oxygens (including phenoxy) is 1. The lowest BCUT2D eigenvalue weighted by Gasteiger charge is -2.27. The first kappa shape index (κ1) is 15.8. The van der Waals surface area contributed by atoms with Gasteiger partial charge in [0.05, 0.1) is 12.2 Å². The van der Waals surface area contributed by atoms with E-state index in [1.165, 1.54) is 25.7 Å². The SMILES string of the molecule is O=C(O)c1ccc(OCCN(CCO)C2CCCC2)cc1. The van der Waals surface area contributed by atoms with Crippen molar-refractivity contribution in [3.8, 4) is 5.75 Å². The fraction of sp³-hybridized carbons (Fsp3) is 0.562. The van der Waals surface area contributed by atoms with Crippen LogP contribution in [0.5, 0.6) is 5.75 Å². The molecule has 0 aromatic heterocycles. The number of aliphatic hydroxyl groups is 1. The average Bonchev–Trinajstić information content (AvgIpc) is 3.01. The Morgan fingerprint density at radius 2 is 1.86 bits per heavy atom. The van der Waals surface area contributed by atoms with Crippen LogP contribution >= 0.6 is 0 Å². The molecule has 1 aliphatic carbocycles. The van der Waals surface area contributed by atoms with Crippen molar-refractivity contribution < 1.29 is 19.7 Å². The van der Waals surface area contributed by atoms with Crippen molar-refractivity contribution in [1.82, 2.24) is 4.90 Å². The molecule has 116 valence electrons. The third kappa shape index (κ3) is 4.72. The highest BCUT2D eigenvalue weighted by atomic mass is 16.5. The van der Waals surface area contributed by atoms with Gasteiger partial charge in [0.2, 0.25) is 0 Å². The summed E-state index contributed by atoms with van der Waals surface area (Å²) in [6, 6.07) is 7.00. The lowest BCUT2D eigenvalue weighted by atomic mass is 10.2. The number of nitrogens with zero attached hydrogens (tertiary/aromatic N) is 1. The van der Waals surface area contributed by atoms with Crippen LogP contribution in [0.1, 0.15) is 36.0 Å². The minimum absolute atomic E-state index is 0.170. The summed E-state index contributed by atoms with van der Waals surface area (Å²) in [5.41, 5.74) is 0.259. The van der Waals surface area contributed by atoms with E-state index in [0.717, 1.165) is 6.54 Å². The van der Waals surface area contributed by atoms with Gasteiger partial charge < -0.3 is 14.9 Å². The lowest BCUT2D eigenvalue weighted by molar-refractivity contribution is 0.0697. The molecule has 0 radical (unpaired) electrons. The Kier molecular flexibility index (Phi) is 6.02. The van der Waals surface area contributed by atoms with Gasteiger partial charge in [-0.3, -0.25) is 4.90 Å². The molecule has 0 spiro atoms. The number of aromatic carboxylic acids is 1. The number of carboxylic acid groups (broad SMARTS) is 1. The molecule has 2 N–H and O–H groups in total. The van der Waals surface area contributed by atoms with Crippen molar-refractivity contribution in [2.45, 2.75) is 31.7 Å². The number of rotatable bonds is 8. The molecular formula is C16H23NO4. The number of hydrogen-bond donors (Lipinski definition) is 2. The lowest BCUT2D eigenvalue weighted by Crippen LogP contribution is -2.38. The van der Waals surface area contributed by atoms with E-state index in [1.807, 2.05) is 0 Å². The minimum Gasteiger partial charge on any atom is -0.492 e. The molecule has 1 fully saturated rings. The first-order valence-corrected chi connectivity index (χ1v) is 7.52. The number of hydrogen-bond acceptors (Lipinski definition) is 4. The molecule has 21 heavy (non-hydrogen) atoms. The molecular weight excluding hydrogens is 270 g/mol. The van der Waals surface area contributed by atoms with Crippen LogP contribution < -0.4 is 4.74 Å². The van der Waals surface area contributed by atoms with Gasteiger partial charge >= 0.3 is 5.97 Å². The van der Waals surface area contributed by atoms with E-state index in [1.54, 1.807) is 24.3 Å². The van der Waals surface area contributed by atoms with E-state index in [-0.39, 0.29) is 12.2 Å². The zero-order chi connectivity index (χ0) is 15.1. The predicted molar refractivity (Wildman–Crippen MR) is 79.8 cm³/mol. The first-order chi connectivity index (χ1) is 10.2. The molecule has 1 aliphatic rings. The van der Waals surface area contributed by atoms with Crippen molar-refractivity contribution >= 4 is 5.97 Å². The van der Waals surface area contributed by atoms with Gasteiger partial charge in [-0.25, -0.2) is 4.79 Å². The molecule has 0 heterocycles. The van der Waals surface area contributed by atoms with E-state index in [0.29, 0.717) is 24.9 Å². The second kappa shape index (κ2) is 8.00. The van der Waals surface area contributed by atoms with Gasteiger partial charge in [-0.1, -0.05) is 12.8 Å². The topological polar surface area (TPSA) is 70.0 Å². The Morgan fingerprint density at radius 1 is 1.19 bits per heavy atom. The molecule has 2 rings (SSSR count). The number of benzene rings is 1. The maximum absolute atomic E-state index is 10.8. The molecule has 0 bridgehead atoms. The second-order valence-electron chi connectivity index (χ2n) is 5.38. The zero-order valence-electron chi connectivity index (χ0n) is 12.2. The number of carboxylic acids is 1. The Hall–Kier alpha value is -1.59. The summed E-state index contributed by atoms with van der Waals surface area (Å²) in [5, 5.41) is 18.0. The third-order valence-corrected chi connectivity index (χ3v) is 3.98. The number of aliphatic hydroxyl groups excluding tert-OH is 1. The van der Waals surface area contributed by atoms with Gasteiger partial charge in [0.15, 0.2) is 0 Å². The summed E-state index contributed by atoms with van der Waals surface area (Å²) in [6.07, 6.45) is 4.94. The maximum Gasteiger partial charge on any atom is 0.335 e. The van der Waals surface area contributed by atoms with Crippen LogP contribution in [-0.2, 0) is 0 Å². The molecule has 0 atom stereocenters. The van der Waals surface area contributed by atoms with E-state index < -0.39 is 5.97 Å². The molecule has 5 heteroatoms. The highest BCUT2D eigenvalue weighted by Crippen LogP contribution is 2.23. The summed E-state index contributed by atoms with van der Waals surface area (Å²) >= 11 is 0. The van der Waals surface area contributed by atoms with Gasteiger partial charge in [-0.05, 0) is 37.1 Å². The zero-order valence-corrected chi connectivity index (χ0v) is 12.2. The van der Waals surface area contributed by atoms with E-state index in [4.69, 9.17) is 14.9 Å². The van der Waals surface area contributed by atoms with E-state index >= 15 is 0 Å². The van der Waals surface area contributed by atoms with Crippen LogP contribution in [0.4, 0.5) is 0 Å². The highest BCUT2D eigenvalue weighted by Gasteiger charge is 2.21. The summed E-state index contributed by atoms with van der Waals surface area (Å²) in [4.78, 5) is 13.1. The first-order valence-electron chi connectivity index (χ1n) is 7.52. The van der Waals surface area contributed by atoms with Crippen LogP contribution in [0, 0.1) is 0 Å². The fourth-order valence-corrected chi connectivity index (χ4v) is 2.85.